The number of carbonyl (C=O) groups excluding carboxylic acids is 2. The molecule has 9 heteroatoms. The third kappa shape index (κ3) is 4.30. The van der Waals surface area contributed by atoms with Crippen LogP contribution >= 0.6 is 0 Å². The average molecular weight is 423 g/mol. The van der Waals surface area contributed by atoms with Gasteiger partial charge in [-0.15, -0.1) is 0 Å². The van der Waals surface area contributed by atoms with Gasteiger partial charge in [-0.05, 0) is 39.0 Å². The Morgan fingerprint density at radius 3 is 2.68 bits per heavy atom. The molecule has 1 aliphatic heterocycles. The van der Waals surface area contributed by atoms with Crippen LogP contribution in [0.15, 0.2) is 36.7 Å². The minimum Gasteiger partial charge on any atom is -0.486 e. The van der Waals surface area contributed by atoms with Gasteiger partial charge in [0.1, 0.15) is 19.8 Å². The maximum atomic E-state index is 13.0. The van der Waals surface area contributed by atoms with Crippen LogP contribution in [0.3, 0.4) is 0 Å². The van der Waals surface area contributed by atoms with Gasteiger partial charge in [0.2, 0.25) is 5.91 Å². The lowest BCUT2D eigenvalue weighted by atomic mass is 10.2. The van der Waals surface area contributed by atoms with E-state index in [2.05, 4.69) is 15.4 Å². The Morgan fingerprint density at radius 2 is 1.94 bits per heavy atom. The Balaban J connectivity index is 1.45. The summed E-state index contributed by atoms with van der Waals surface area (Å²) in [7, 11) is 0. The lowest BCUT2D eigenvalue weighted by molar-refractivity contribution is -0.116. The van der Waals surface area contributed by atoms with Gasteiger partial charge in [0.05, 0.1) is 11.8 Å². The van der Waals surface area contributed by atoms with E-state index in [0.29, 0.717) is 42.5 Å². The van der Waals surface area contributed by atoms with E-state index in [1.165, 1.54) is 11.1 Å². The number of likely N-dealkylation sites (N-methyl/N-ethyl adjacent to an activating group) is 1. The van der Waals surface area contributed by atoms with Crippen molar-refractivity contribution in [2.45, 2.75) is 26.8 Å². The summed E-state index contributed by atoms with van der Waals surface area (Å²) in [6, 6.07) is 7.15. The highest BCUT2D eigenvalue weighted by Gasteiger charge is 2.20. The SMILES string of the molecule is CCN(CC(=O)Nc1ccc2c(c1)OCCO2)C(=O)c1cnc2c(cnn2C(C)C)c1. The minimum atomic E-state index is -0.298. The third-order valence-corrected chi connectivity index (χ3v) is 5.00. The summed E-state index contributed by atoms with van der Waals surface area (Å²) >= 11 is 0. The zero-order chi connectivity index (χ0) is 22.0. The van der Waals surface area contributed by atoms with Crippen molar-refractivity contribution in [1.29, 1.82) is 0 Å². The number of amides is 2. The molecule has 4 rings (SSSR count). The van der Waals surface area contributed by atoms with E-state index in [1.54, 1.807) is 30.5 Å². The number of rotatable bonds is 6. The van der Waals surface area contributed by atoms with Crippen molar-refractivity contribution in [2.75, 3.05) is 31.6 Å². The van der Waals surface area contributed by atoms with Gasteiger partial charge in [0, 0.05) is 35.9 Å². The number of carbonyl (C=O) groups is 2. The smallest absolute Gasteiger partial charge is 0.255 e. The molecule has 1 aliphatic rings. The first-order valence-electron chi connectivity index (χ1n) is 10.3. The molecule has 3 aromatic rings. The van der Waals surface area contributed by atoms with Crippen LogP contribution < -0.4 is 14.8 Å². The fraction of sp³-hybridized carbons (Fsp3) is 0.364. The zero-order valence-corrected chi connectivity index (χ0v) is 17.8. The molecule has 2 amide bonds. The lowest BCUT2D eigenvalue weighted by Crippen LogP contribution is -2.38. The average Bonchev–Trinajstić information content (AvgIpc) is 3.20. The number of nitrogens with zero attached hydrogens (tertiary/aromatic N) is 4. The highest BCUT2D eigenvalue weighted by molar-refractivity contribution is 6.00. The van der Waals surface area contributed by atoms with Crippen molar-refractivity contribution in [2.24, 2.45) is 0 Å². The number of anilines is 1. The molecule has 1 aromatic carbocycles. The van der Waals surface area contributed by atoms with E-state index >= 15 is 0 Å². The van der Waals surface area contributed by atoms with Crippen molar-refractivity contribution in [3.05, 3.63) is 42.2 Å². The first kappa shape index (κ1) is 20.6. The lowest BCUT2D eigenvalue weighted by Gasteiger charge is -2.21. The van der Waals surface area contributed by atoms with Crippen molar-refractivity contribution in [3.63, 3.8) is 0 Å². The molecule has 9 nitrogen and oxygen atoms in total. The number of nitrogens with one attached hydrogen (secondary N) is 1. The predicted molar refractivity (Wildman–Crippen MR) is 116 cm³/mol. The predicted octanol–water partition coefficient (Wildman–Crippen LogP) is 2.88. The van der Waals surface area contributed by atoms with Crippen LogP contribution in [0.5, 0.6) is 11.5 Å². The quantitative estimate of drug-likeness (QED) is 0.655. The molecule has 3 heterocycles. The minimum absolute atomic E-state index is 0.0763. The van der Waals surface area contributed by atoms with E-state index in [4.69, 9.17) is 9.47 Å². The van der Waals surface area contributed by atoms with E-state index in [-0.39, 0.29) is 24.4 Å². The molecular weight excluding hydrogens is 398 g/mol. The summed E-state index contributed by atoms with van der Waals surface area (Å²) in [5.74, 6) is 0.687. The Labute approximate surface area is 180 Å². The largest absolute Gasteiger partial charge is 0.486 e. The van der Waals surface area contributed by atoms with Crippen LogP contribution in [0, 0.1) is 0 Å². The highest BCUT2D eigenvalue weighted by Crippen LogP contribution is 2.32. The Kier molecular flexibility index (Phi) is 5.75. The zero-order valence-electron chi connectivity index (χ0n) is 17.8. The summed E-state index contributed by atoms with van der Waals surface area (Å²) in [5.41, 5.74) is 1.73. The normalized spacial score (nSPS) is 12.8. The van der Waals surface area contributed by atoms with E-state index in [1.807, 2.05) is 25.5 Å². The summed E-state index contributed by atoms with van der Waals surface area (Å²) in [6.07, 6.45) is 3.23. The molecular formula is C22H25N5O4. The molecule has 0 fully saturated rings. The van der Waals surface area contributed by atoms with Gasteiger partial charge in [-0.3, -0.25) is 9.59 Å². The second-order valence-corrected chi connectivity index (χ2v) is 7.55. The maximum Gasteiger partial charge on any atom is 0.255 e. The molecule has 0 bridgehead atoms. The molecule has 162 valence electrons. The summed E-state index contributed by atoms with van der Waals surface area (Å²) in [6.45, 7) is 7.16. The van der Waals surface area contributed by atoms with Crippen molar-refractivity contribution in [3.8, 4) is 11.5 Å². The van der Waals surface area contributed by atoms with Crippen LogP contribution in [-0.4, -0.2) is 57.8 Å². The van der Waals surface area contributed by atoms with Gasteiger partial charge in [0.15, 0.2) is 17.1 Å². The molecule has 0 unspecified atom stereocenters. The van der Waals surface area contributed by atoms with Gasteiger partial charge >= 0.3 is 0 Å². The summed E-state index contributed by atoms with van der Waals surface area (Å²) < 4.78 is 12.8. The summed E-state index contributed by atoms with van der Waals surface area (Å²) in [5, 5.41) is 7.93. The van der Waals surface area contributed by atoms with Gasteiger partial charge < -0.3 is 19.7 Å². The molecule has 0 aliphatic carbocycles. The second-order valence-electron chi connectivity index (χ2n) is 7.55. The van der Waals surface area contributed by atoms with Crippen molar-refractivity contribution >= 4 is 28.5 Å². The van der Waals surface area contributed by atoms with Crippen LogP contribution in [0.25, 0.3) is 11.0 Å². The first-order chi connectivity index (χ1) is 15.0. The standard InChI is InChI=1S/C22H25N5O4/c1-4-26(13-20(28)25-17-5-6-18-19(10-17)31-8-7-30-18)22(29)16-9-15-12-24-27(14(2)3)21(15)23-11-16/h5-6,9-12,14H,4,7-8,13H2,1-3H3,(H,25,28). The highest BCUT2D eigenvalue weighted by atomic mass is 16.6. The number of hydrogen-bond acceptors (Lipinski definition) is 6. The topological polar surface area (TPSA) is 98.6 Å². The summed E-state index contributed by atoms with van der Waals surface area (Å²) in [4.78, 5) is 31.4. The second kappa shape index (κ2) is 8.63. The molecule has 0 spiro atoms. The number of fused-ring (bicyclic) bond motifs is 2. The fourth-order valence-electron chi connectivity index (χ4n) is 3.44. The van der Waals surface area contributed by atoms with Crippen LogP contribution in [0.1, 0.15) is 37.2 Å². The van der Waals surface area contributed by atoms with Gasteiger partial charge in [-0.2, -0.15) is 5.10 Å². The Hall–Kier alpha value is -3.62. The molecule has 0 saturated carbocycles. The Bertz CT molecular complexity index is 1120. The number of aromatic nitrogens is 3. The van der Waals surface area contributed by atoms with E-state index < -0.39 is 0 Å². The molecule has 1 N–H and O–H groups in total. The molecule has 2 aromatic heterocycles. The first-order valence-corrected chi connectivity index (χ1v) is 10.3. The van der Waals surface area contributed by atoms with E-state index in [0.717, 1.165) is 11.0 Å². The van der Waals surface area contributed by atoms with Crippen molar-refractivity contribution in [1.82, 2.24) is 19.7 Å². The Morgan fingerprint density at radius 1 is 1.16 bits per heavy atom. The van der Waals surface area contributed by atoms with Crippen LogP contribution in [0.2, 0.25) is 0 Å². The number of hydrogen-bond donors (Lipinski definition) is 1. The van der Waals surface area contributed by atoms with E-state index in [9.17, 15) is 9.59 Å². The number of pyridine rings is 1. The molecule has 0 saturated heterocycles. The van der Waals surface area contributed by atoms with Gasteiger partial charge in [-0.1, -0.05) is 0 Å². The van der Waals surface area contributed by atoms with Gasteiger partial charge in [0.25, 0.3) is 5.91 Å². The van der Waals surface area contributed by atoms with Crippen LogP contribution in [0.4, 0.5) is 5.69 Å². The van der Waals surface area contributed by atoms with Gasteiger partial charge in [-0.25, -0.2) is 9.67 Å². The maximum absolute atomic E-state index is 13.0. The monoisotopic (exact) mass is 423 g/mol. The third-order valence-electron chi connectivity index (χ3n) is 5.00. The fourth-order valence-corrected chi connectivity index (χ4v) is 3.44. The number of ether oxygens (including phenoxy) is 2. The molecule has 0 radical (unpaired) electrons. The van der Waals surface area contributed by atoms with Crippen molar-refractivity contribution < 1.29 is 19.1 Å². The van der Waals surface area contributed by atoms with Crippen LogP contribution in [-0.2, 0) is 4.79 Å². The number of benzene rings is 1. The molecule has 31 heavy (non-hydrogen) atoms. The molecule has 0 atom stereocenters.